The molecule has 0 saturated carbocycles. The molecule has 11 heteroatoms. The van der Waals surface area contributed by atoms with Gasteiger partial charge in [-0.1, -0.05) is 37.9 Å². The Hall–Kier alpha value is -3.54. The van der Waals surface area contributed by atoms with Crippen LogP contribution in [0.5, 0.6) is 5.75 Å². The number of ether oxygens (including phenoxy) is 2. The van der Waals surface area contributed by atoms with Crippen LogP contribution < -0.4 is 9.46 Å². The highest BCUT2D eigenvalue weighted by molar-refractivity contribution is 7.98. The summed E-state index contributed by atoms with van der Waals surface area (Å²) in [7, 11) is 1.74. The zero-order chi connectivity index (χ0) is 32.3. The molecule has 3 aliphatic rings. The number of carbonyl (C=O) groups is 1. The van der Waals surface area contributed by atoms with Crippen LogP contribution >= 0.6 is 11.9 Å². The van der Waals surface area contributed by atoms with E-state index in [1.807, 2.05) is 32.2 Å². The molecule has 2 unspecified atom stereocenters. The van der Waals surface area contributed by atoms with Gasteiger partial charge in [-0.3, -0.25) is 9.78 Å². The molecule has 2 aromatic carbocycles. The molecule has 45 heavy (non-hydrogen) atoms. The number of alkyl halides is 2. The number of rotatable bonds is 5. The fourth-order valence-corrected chi connectivity index (χ4v) is 7.20. The van der Waals surface area contributed by atoms with E-state index in [0.29, 0.717) is 30.8 Å². The highest BCUT2D eigenvalue weighted by Crippen LogP contribution is 2.50. The summed E-state index contributed by atoms with van der Waals surface area (Å²) in [6.07, 6.45) is 2.42. The summed E-state index contributed by atoms with van der Waals surface area (Å²) in [6.45, 7) is 10.6. The predicted molar refractivity (Wildman–Crippen MR) is 172 cm³/mol. The number of carbonyl (C=O) groups excluding carboxylic acids is 1. The second-order valence-corrected chi connectivity index (χ2v) is 14.3. The average Bonchev–Trinajstić information content (AvgIpc) is 3.53. The molecule has 3 aliphatic heterocycles. The van der Waals surface area contributed by atoms with Crippen molar-refractivity contribution in [1.82, 2.24) is 24.2 Å². The normalized spacial score (nSPS) is 22.0. The monoisotopic (exact) mass is 635 g/mol. The van der Waals surface area contributed by atoms with Gasteiger partial charge in [0.15, 0.2) is 0 Å². The molecule has 1 N–H and O–H groups in total. The van der Waals surface area contributed by atoms with Crippen LogP contribution in [-0.2, 0) is 16.9 Å². The average molecular weight is 636 g/mol. The molecule has 2 bridgehead atoms. The second kappa shape index (κ2) is 11.7. The van der Waals surface area contributed by atoms with E-state index in [0.717, 1.165) is 39.2 Å². The van der Waals surface area contributed by atoms with Gasteiger partial charge < -0.3 is 18.9 Å². The minimum atomic E-state index is -3.00. The lowest BCUT2D eigenvalue weighted by molar-refractivity contribution is -0.0507. The van der Waals surface area contributed by atoms with Crippen molar-refractivity contribution < 1.29 is 23.0 Å². The third-order valence-electron chi connectivity index (χ3n) is 8.46. The minimum Gasteiger partial charge on any atom is -0.434 e. The molecule has 7 rings (SSSR count). The summed E-state index contributed by atoms with van der Waals surface area (Å²) in [5.41, 5.74) is 5.96. The van der Waals surface area contributed by atoms with Crippen LogP contribution in [0.2, 0.25) is 0 Å². The van der Waals surface area contributed by atoms with Crippen LogP contribution in [0.3, 0.4) is 0 Å². The predicted octanol–water partition coefficient (Wildman–Crippen LogP) is 7.63. The minimum absolute atomic E-state index is 0.0194. The van der Waals surface area contributed by atoms with Crippen molar-refractivity contribution in [3.8, 4) is 16.9 Å². The maximum absolute atomic E-state index is 13.4. The fraction of sp³-hybridized carbons (Fsp3) is 0.441. The van der Waals surface area contributed by atoms with Crippen LogP contribution in [0.1, 0.15) is 93.1 Å². The van der Waals surface area contributed by atoms with Crippen molar-refractivity contribution in [2.24, 2.45) is 0 Å². The molecule has 2 aromatic heterocycles. The quantitative estimate of drug-likeness (QED) is 0.226. The van der Waals surface area contributed by atoms with Crippen molar-refractivity contribution in [2.45, 2.75) is 83.6 Å². The van der Waals surface area contributed by atoms with Crippen molar-refractivity contribution in [2.75, 3.05) is 13.7 Å². The molecule has 5 heterocycles. The van der Waals surface area contributed by atoms with E-state index in [4.69, 9.17) is 19.4 Å². The number of amides is 1. The smallest absolute Gasteiger partial charge is 0.387 e. The Kier molecular flexibility index (Phi) is 8.16. The van der Waals surface area contributed by atoms with E-state index < -0.39 is 12.2 Å². The van der Waals surface area contributed by atoms with E-state index in [1.54, 1.807) is 36.0 Å². The highest BCUT2D eigenvalue weighted by atomic mass is 32.2. The first-order valence-electron chi connectivity index (χ1n) is 15.3. The molecule has 0 radical (unpaired) electrons. The number of pyridine rings is 1. The lowest BCUT2D eigenvalue weighted by atomic mass is 9.91. The molecule has 4 aromatic rings. The Morgan fingerprint density at radius 1 is 1.13 bits per heavy atom. The number of aromatic nitrogens is 3. The van der Waals surface area contributed by atoms with Crippen LogP contribution in [0.4, 0.5) is 8.78 Å². The Labute approximate surface area is 266 Å². The third kappa shape index (κ3) is 5.48. The Balaban J connectivity index is 0.00000175. The first kappa shape index (κ1) is 31.4. The largest absolute Gasteiger partial charge is 0.434 e. The lowest BCUT2D eigenvalue weighted by Crippen LogP contribution is -2.45. The van der Waals surface area contributed by atoms with Crippen LogP contribution in [0.15, 0.2) is 48.7 Å². The van der Waals surface area contributed by atoms with Gasteiger partial charge in [0.1, 0.15) is 11.6 Å². The van der Waals surface area contributed by atoms with Gasteiger partial charge in [0.2, 0.25) is 0 Å². The fourth-order valence-electron chi connectivity index (χ4n) is 6.51. The number of fused-ring (bicyclic) bond motifs is 10. The molecule has 0 fully saturated rings. The summed E-state index contributed by atoms with van der Waals surface area (Å²) in [5, 5.41) is 0. The first-order valence-corrected chi connectivity index (χ1v) is 16.1. The van der Waals surface area contributed by atoms with E-state index in [-0.39, 0.29) is 28.5 Å². The van der Waals surface area contributed by atoms with Gasteiger partial charge in [-0.15, -0.1) is 0 Å². The summed E-state index contributed by atoms with van der Waals surface area (Å²) in [6, 6.07) is 12.3. The SMILES string of the molecule is CC.CN1C(=O)c2cccc(OC(F)F)c2[C@H]2CC1c1nc3ccc(-c4cnc5c(c4)COCC5(C)NSC(C)(C)C)cc3n12. The van der Waals surface area contributed by atoms with Crippen molar-refractivity contribution in [1.29, 1.82) is 0 Å². The van der Waals surface area contributed by atoms with Crippen molar-refractivity contribution >= 4 is 28.9 Å². The van der Waals surface area contributed by atoms with Gasteiger partial charge in [-0.2, -0.15) is 8.78 Å². The van der Waals surface area contributed by atoms with Gasteiger partial charge in [0, 0.05) is 46.7 Å². The molecular weight excluding hydrogens is 596 g/mol. The van der Waals surface area contributed by atoms with Gasteiger partial charge in [-0.25, -0.2) is 9.71 Å². The molecule has 0 spiro atoms. The second-order valence-electron chi connectivity index (χ2n) is 12.7. The topological polar surface area (TPSA) is 81.5 Å². The maximum atomic E-state index is 13.4. The third-order valence-corrected chi connectivity index (χ3v) is 9.63. The van der Waals surface area contributed by atoms with Crippen molar-refractivity contribution in [3.63, 3.8) is 0 Å². The standard InChI is InChI=1S/C32H33F2N5O3S.C2H6/c1-31(2,3)43-37-32(4)16-41-15-19-11-18(14-35-27(19)32)17-9-10-21-22(12-17)39-23-13-24(28(39)36-21)38(5)29(40)20-7-6-8-25(26(20)23)42-30(33)34;1-2/h6-12,14,23-24,30,37H,13,15-16H2,1-5H3;1-2H3/t23-,24?,32?;/m1./s1. The Bertz CT molecular complexity index is 1770. The number of nitrogens with zero attached hydrogens (tertiary/aromatic N) is 4. The number of benzene rings is 2. The van der Waals surface area contributed by atoms with Gasteiger partial charge >= 0.3 is 6.61 Å². The lowest BCUT2D eigenvalue weighted by Gasteiger charge is -2.37. The maximum Gasteiger partial charge on any atom is 0.387 e. The molecule has 1 amide bonds. The summed E-state index contributed by atoms with van der Waals surface area (Å²) < 4.78 is 43.5. The number of hydrogen-bond donors (Lipinski definition) is 1. The zero-order valence-electron chi connectivity index (χ0n) is 26.6. The highest BCUT2D eigenvalue weighted by Gasteiger charge is 2.45. The number of nitrogens with one attached hydrogen (secondary N) is 1. The number of imidazole rings is 1. The van der Waals surface area contributed by atoms with E-state index >= 15 is 0 Å². The number of hydrogen-bond acceptors (Lipinski definition) is 7. The van der Waals surface area contributed by atoms with E-state index in [2.05, 4.69) is 49.1 Å². The van der Waals surface area contributed by atoms with E-state index in [9.17, 15) is 13.6 Å². The number of halogens is 2. The molecular formula is C34H39F2N5O3S. The Morgan fingerprint density at radius 3 is 2.64 bits per heavy atom. The molecule has 8 nitrogen and oxygen atoms in total. The molecule has 0 saturated heterocycles. The Morgan fingerprint density at radius 2 is 1.91 bits per heavy atom. The van der Waals surface area contributed by atoms with Crippen LogP contribution in [-0.4, -0.2) is 50.4 Å². The summed E-state index contributed by atoms with van der Waals surface area (Å²) in [4.78, 5) is 24.9. The van der Waals surface area contributed by atoms with Crippen molar-refractivity contribution in [3.05, 3.63) is 76.9 Å². The van der Waals surface area contributed by atoms with Gasteiger partial charge in [-0.05, 0) is 63.6 Å². The molecule has 3 atom stereocenters. The molecule has 0 aliphatic carbocycles. The van der Waals surface area contributed by atoms with Crippen LogP contribution in [0, 0.1) is 0 Å². The summed E-state index contributed by atoms with van der Waals surface area (Å²) >= 11 is 1.67. The van der Waals surface area contributed by atoms with Gasteiger partial charge in [0.25, 0.3) is 5.91 Å². The summed E-state index contributed by atoms with van der Waals surface area (Å²) in [5.74, 6) is 0.525. The zero-order valence-corrected chi connectivity index (χ0v) is 27.5. The van der Waals surface area contributed by atoms with Crippen LogP contribution in [0.25, 0.3) is 22.2 Å². The van der Waals surface area contributed by atoms with Gasteiger partial charge in [0.05, 0.1) is 47.6 Å². The first-order chi connectivity index (χ1) is 21.4. The van der Waals surface area contributed by atoms with E-state index in [1.165, 1.54) is 6.07 Å². The molecule has 238 valence electrons.